The lowest BCUT2D eigenvalue weighted by molar-refractivity contribution is -0.110. The van der Waals surface area contributed by atoms with Crippen molar-refractivity contribution in [3.8, 4) is 17.0 Å². The Morgan fingerprint density at radius 2 is 1.93 bits per heavy atom. The Labute approximate surface area is 174 Å². The highest BCUT2D eigenvalue weighted by Gasteiger charge is 2.29. The molecular weight excluding hydrogens is 380 g/mol. The van der Waals surface area contributed by atoms with Crippen LogP contribution in [0, 0.1) is 0 Å². The molecule has 0 saturated carbocycles. The average Bonchev–Trinajstić information content (AvgIpc) is 3.30. The standard InChI is InChI=1S/C23H26N4O3/c1-24-10-8-14-20-17(6-7-18(28)23(20)30)26-21(14)15-4-5-16-19(22(15)29)13(12-25-16)9-11-27(2)3/h4-7,12,24-26,29H,8-11H2,1-3H3. The minimum atomic E-state index is -0.518. The van der Waals surface area contributed by atoms with Crippen LogP contribution >= 0.6 is 0 Å². The van der Waals surface area contributed by atoms with Crippen LogP contribution in [0.15, 0.2) is 24.4 Å². The molecule has 1 aliphatic carbocycles. The van der Waals surface area contributed by atoms with Crippen molar-refractivity contribution < 1.29 is 14.7 Å². The number of phenols is 1. The Morgan fingerprint density at radius 1 is 1.13 bits per heavy atom. The molecule has 0 spiro atoms. The van der Waals surface area contributed by atoms with Crippen LogP contribution in [-0.2, 0) is 17.6 Å². The Bertz CT molecular complexity index is 1170. The third-order valence-electron chi connectivity index (χ3n) is 5.61. The van der Waals surface area contributed by atoms with Crippen LogP contribution in [0.3, 0.4) is 0 Å². The molecule has 0 atom stereocenters. The number of rotatable bonds is 7. The summed E-state index contributed by atoms with van der Waals surface area (Å²) in [5.74, 6) is -0.848. The summed E-state index contributed by atoms with van der Waals surface area (Å²) >= 11 is 0. The number of likely N-dealkylation sites (N-methyl/N-ethyl adjacent to an activating group) is 2. The summed E-state index contributed by atoms with van der Waals surface area (Å²) in [4.78, 5) is 33.2. The summed E-state index contributed by atoms with van der Waals surface area (Å²) in [5, 5.41) is 15.1. The second kappa shape index (κ2) is 7.93. The van der Waals surface area contributed by atoms with Crippen molar-refractivity contribution in [3.63, 3.8) is 0 Å². The first-order chi connectivity index (χ1) is 14.4. The van der Waals surface area contributed by atoms with E-state index in [9.17, 15) is 14.7 Å². The number of carbonyl (C=O) groups excluding carboxylic acids is 2. The van der Waals surface area contributed by atoms with E-state index in [0.717, 1.165) is 35.0 Å². The van der Waals surface area contributed by atoms with Crippen LogP contribution < -0.4 is 5.32 Å². The quantitative estimate of drug-likeness (QED) is 0.452. The van der Waals surface area contributed by atoms with Gasteiger partial charge in [-0.3, -0.25) is 9.59 Å². The molecule has 1 aromatic carbocycles. The Balaban J connectivity index is 1.88. The summed E-state index contributed by atoms with van der Waals surface area (Å²) in [6.45, 7) is 1.51. The lowest BCUT2D eigenvalue weighted by atomic mass is 9.93. The maximum atomic E-state index is 12.6. The van der Waals surface area contributed by atoms with Crippen molar-refractivity contribution in [2.45, 2.75) is 12.8 Å². The average molecular weight is 406 g/mol. The molecule has 30 heavy (non-hydrogen) atoms. The molecule has 0 fully saturated rings. The maximum Gasteiger partial charge on any atom is 0.235 e. The number of fused-ring (bicyclic) bond motifs is 2. The van der Waals surface area contributed by atoms with Gasteiger partial charge in [0.05, 0.1) is 17.0 Å². The van der Waals surface area contributed by atoms with Gasteiger partial charge in [-0.2, -0.15) is 0 Å². The Hall–Kier alpha value is -3.16. The van der Waals surface area contributed by atoms with E-state index in [4.69, 9.17) is 0 Å². The number of H-pyrrole nitrogens is 2. The van der Waals surface area contributed by atoms with Crippen molar-refractivity contribution in [1.82, 2.24) is 20.2 Å². The van der Waals surface area contributed by atoms with E-state index >= 15 is 0 Å². The number of hydrogen-bond acceptors (Lipinski definition) is 5. The van der Waals surface area contributed by atoms with Gasteiger partial charge in [0.1, 0.15) is 5.75 Å². The number of allylic oxidation sites excluding steroid dienone is 1. The molecular formula is C23H26N4O3. The Morgan fingerprint density at radius 3 is 2.67 bits per heavy atom. The van der Waals surface area contributed by atoms with E-state index in [1.54, 1.807) is 6.08 Å². The molecule has 4 rings (SSSR count). The highest BCUT2D eigenvalue weighted by molar-refractivity contribution is 6.50. The largest absolute Gasteiger partial charge is 0.507 e. The monoisotopic (exact) mass is 406 g/mol. The van der Waals surface area contributed by atoms with Crippen LogP contribution in [-0.4, -0.2) is 65.8 Å². The van der Waals surface area contributed by atoms with E-state index in [2.05, 4.69) is 20.2 Å². The molecule has 2 aromatic heterocycles. The van der Waals surface area contributed by atoms with Gasteiger partial charge in [0, 0.05) is 29.2 Å². The first kappa shape index (κ1) is 20.1. The molecule has 0 amide bonds. The molecule has 3 aromatic rings. The molecule has 4 N–H and O–H groups in total. The summed E-state index contributed by atoms with van der Waals surface area (Å²) < 4.78 is 0. The number of phenolic OH excluding ortho intramolecular Hbond substituents is 1. The first-order valence-corrected chi connectivity index (χ1v) is 10.1. The number of nitrogens with zero attached hydrogens (tertiary/aromatic N) is 1. The zero-order valence-electron chi connectivity index (χ0n) is 17.4. The molecule has 0 aliphatic heterocycles. The number of ketones is 2. The molecule has 7 nitrogen and oxygen atoms in total. The third-order valence-corrected chi connectivity index (χ3v) is 5.61. The zero-order valence-corrected chi connectivity index (χ0v) is 17.4. The molecule has 7 heteroatoms. The number of aromatic amines is 2. The van der Waals surface area contributed by atoms with Gasteiger partial charge in [0.15, 0.2) is 0 Å². The van der Waals surface area contributed by atoms with Crippen molar-refractivity contribution >= 4 is 28.5 Å². The number of benzene rings is 1. The van der Waals surface area contributed by atoms with Crippen LogP contribution in [0.2, 0.25) is 0 Å². The highest BCUT2D eigenvalue weighted by Crippen LogP contribution is 2.41. The smallest absolute Gasteiger partial charge is 0.235 e. The fourth-order valence-electron chi connectivity index (χ4n) is 4.05. The number of Topliss-reactive ketones (excluding diaryl/α,β-unsaturated/α-hetero) is 1. The van der Waals surface area contributed by atoms with Crippen molar-refractivity contribution in [1.29, 1.82) is 0 Å². The number of carbonyl (C=O) groups is 2. The summed E-state index contributed by atoms with van der Waals surface area (Å²) in [5.41, 5.74) is 4.99. The van der Waals surface area contributed by atoms with Gasteiger partial charge in [-0.1, -0.05) is 0 Å². The molecule has 0 bridgehead atoms. The van der Waals surface area contributed by atoms with E-state index in [1.165, 1.54) is 6.08 Å². The minimum absolute atomic E-state index is 0.176. The minimum Gasteiger partial charge on any atom is -0.507 e. The highest BCUT2D eigenvalue weighted by atomic mass is 16.3. The zero-order chi connectivity index (χ0) is 21.4. The van der Waals surface area contributed by atoms with Crippen molar-refractivity contribution in [2.75, 3.05) is 34.2 Å². The van der Waals surface area contributed by atoms with Gasteiger partial charge in [-0.05, 0) is 75.9 Å². The summed E-state index contributed by atoms with van der Waals surface area (Å²) in [7, 11) is 5.87. The van der Waals surface area contributed by atoms with Gasteiger partial charge in [0.25, 0.3) is 0 Å². The van der Waals surface area contributed by atoms with Gasteiger partial charge in [-0.25, -0.2) is 0 Å². The van der Waals surface area contributed by atoms with Crippen molar-refractivity contribution in [3.05, 3.63) is 46.8 Å². The Kier molecular flexibility index (Phi) is 5.32. The van der Waals surface area contributed by atoms with Crippen LogP contribution in [0.4, 0.5) is 0 Å². The number of aromatic nitrogens is 2. The molecule has 156 valence electrons. The van der Waals surface area contributed by atoms with E-state index in [-0.39, 0.29) is 5.75 Å². The fraction of sp³-hybridized carbons (Fsp3) is 0.304. The number of aromatic hydroxyl groups is 1. The van der Waals surface area contributed by atoms with Crippen molar-refractivity contribution in [2.24, 2.45) is 0 Å². The lowest BCUT2D eigenvalue weighted by Crippen LogP contribution is -2.18. The molecule has 0 radical (unpaired) electrons. The number of nitrogens with one attached hydrogen (secondary N) is 3. The fourth-order valence-corrected chi connectivity index (χ4v) is 4.05. The van der Waals surface area contributed by atoms with Gasteiger partial charge in [0.2, 0.25) is 11.6 Å². The molecule has 0 unspecified atom stereocenters. The van der Waals surface area contributed by atoms with Gasteiger partial charge >= 0.3 is 0 Å². The second-order valence-corrected chi connectivity index (χ2v) is 7.90. The summed E-state index contributed by atoms with van der Waals surface area (Å²) in [6, 6.07) is 3.79. The molecule has 0 saturated heterocycles. The van der Waals surface area contributed by atoms with Gasteiger partial charge in [-0.15, -0.1) is 0 Å². The molecule has 2 heterocycles. The normalized spacial score (nSPS) is 13.6. The first-order valence-electron chi connectivity index (χ1n) is 10.1. The van der Waals surface area contributed by atoms with Crippen LogP contribution in [0.25, 0.3) is 28.2 Å². The predicted molar refractivity (Wildman–Crippen MR) is 118 cm³/mol. The van der Waals surface area contributed by atoms with E-state index in [0.29, 0.717) is 35.5 Å². The lowest BCUT2D eigenvalue weighted by Gasteiger charge is -2.12. The van der Waals surface area contributed by atoms with E-state index in [1.807, 2.05) is 39.5 Å². The van der Waals surface area contributed by atoms with Crippen LogP contribution in [0.1, 0.15) is 27.2 Å². The van der Waals surface area contributed by atoms with E-state index < -0.39 is 11.6 Å². The summed E-state index contributed by atoms with van der Waals surface area (Å²) in [6.07, 6.45) is 6.22. The molecule has 1 aliphatic rings. The third kappa shape index (κ3) is 3.36. The van der Waals surface area contributed by atoms with Crippen LogP contribution in [0.5, 0.6) is 5.75 Å². The predicted octanol–water partition coefficient (Wildman–Crippen LogP) is 2.51. The topological polar surface area (TPSA) is 101 Å². The maximum absolute atomic E-state index is 12.6. The van der Waals surface area contributed by atoms with Gasteiger partial charge < -0.3 is 25.3 Å². The second-order valence-electron chi connectivity index (χ2n) is 7.90. The SMILES string of the molecule is CNCCc1c(-c2ccc3[nH]cc(CCN(C)C)c3c2O)[nH]c2c1C(=O)C(=O)C=C2. The number of hydrogen-bond donors (Lipinski definition) is 4.